The van der Waals surface area contributed by atoms with Gasteiger partial charge in [-0.15, -0.1) is 0 Å². The van der Waals surface area contributed by atoms with Crippen molar-refractivity contribution in [3.63, 3.8) is 0 Å². The first-order valence-corrected chi connectivity index (χ1v) is 8.41. The van der Waals surface area contributed by atoms with Gasteiger partial charge in [0.05, 0.1) is 5.92 Å². The minimum atomic E-state index is -0.973. The highest BCUT2D eigenvalue weighted by molar-refractivity contribution is 5.78. The van der Waals surface area contributed by atoms with Crippen LogP contribution in [0.4, 0.5) is 0 Å². The third-order valence-corrected chi connectivity index (χ3v) is 4.34. The van der Waals surface area contributed by atoms with Crippen LogP contribution in [-0.4, -0.2) is 11.7 Å². The molecule has 0 aliphatic rings. The molecular weight excluding hydrogens is 298 g/mol. The molecule has 2 N–H and O–H groups in total. The van der Waals surface area contributed by atoms with Gasteiger partial charge < -0.3 is 4.74 Å². The molecule has 3 nitrogen and oxygen atoms in total. The number of carbonyl (C=O) groups excluding carboxylic acids is 1. The molecule has 0 fully saturated rings. The molecule has 0 aliphatic heterocycles. The Hall–Kier alpha value is -2.13. The lowest BCUT2D eigenvalue weighted by Crippen LogP contribution is -2.42. The monoisotopic (exact) mass is 325 g/mol. The Morgan fingerprint density at radius 1 is 1.17 bits per heavy atom. The van der Waals surface area contributed by atoms with Gasteiger partial charge in [-0.2, -0.15) is 0 Å². The van der Waals surface area contributed by atoms with E-state index in [0.717, 1.165) is 23.1 Å². The third kappa shape index (κ3) is 4.93. The average Bonchev–Trinajstić information content (AvgIpc) is 2.55. The zero-order valence-electron chi connectivity index (χ0n) is 15.0. The molecule has 2 unspecified atom stereocenters. The fourth-order valence-electron chi connectivity index (χ4n) is 2.76. The van der Waals surface area contributed by atoms with E-state index in [1.165, 1.54) is 5.56 Å². The summed E-state index contributed by atoms with van der Waals surface area (Å²) in [5.74, 6) is -0.605. The second kappa shape index (κ2) is 7.63. The zero-order valence-corrected chi connectivity index (χ0v) is 15.0. The number of nitrogens with two attached hydrogens (primary N) is 1. The van der Waals surface area contributed by atoms with Gasteiger partial charge in [-0.1, -0.05) is 54.1 Å². The van der Waals surface area contributed by atoms with Crippen LogP contribution in [0.1, 0.15) is 48.4 Å². The van der Waals surface area contributed by atoms with Gasteiger partial charge in [0.15, 0.2) is 5.72 Å². The molecule has 0 heterocycles. The topological polar surface area (TPSA) is 52.3 Å². The maximum Gasteiger partial charge on any atom is 0.314 e. The summed E-state index contributed by atoms with van der Waals surface area (Å²) in [5.41, 5.74) is 9.64. The van der Waals surface area contributed by atoms with Crippen LogP contribution in [0.2, 0.25) is 0 Å². The van der Waals surface area contributed by atoms with Gasteiger partial charge in [-0.3, -0.25) is 10.5 Å². The number of hydrogen-bond donors (Lipinski definition) is 1. The van der Waals surface area contributed by atoms with E-state index in [0.29, 0.717) is 6.42 Å². The normalized spacial score (nSPS) is 14.7. The summed E-state index contributed by atoms with van der Waals surface area (Å²) in [4.78, 5) is 12.5. The SMILES string of the molecule is Cc1ccc(C)c(C(C)C(=O)OC(C)(N)CCc2ccccc2)c1. The van der Waals surface area contributed by atoms with Gasteiger partial charge in [0, 0.05) is 6.42 Å². The summed E-state index contributed by atoms with van der Waals surface area (Å²) in [5, 5.41) is 0. The Labute approximate surface area is 144 Å². The summed E-state index contributed by atoms with van der Waals surface area (Å²) in [6, 6.07) is 16.2. The number of benzene rings is 2. The second-order valence-corrected chi connectivity index (χ2v) is 6.80. The van der Waals surface area contributed by atoms with Crippen molar-refractivity contribution in [3.8, 4) is 0 Å². The van der Waals surface area contributed by atoms with Crippen molar-refractivity contribution in [2.24, 2.45) is 5.73 Å². The fraction of sp³-hybridized carbons (Fsp3) is 0.381. The highest BCUT2D eigenvalue weighted by Crippen LogP contribution is 2.24. The van der Waals surface area contributed by atoms with E-state index in [-0.39, 0.29) is 11.9 Å². The number of carbonyl (C=O) groups is 1. The molecule has 0 saturated heterocycles. The quantitative estimate of drug-likeness (QED) is 0.638. The first kappa shape index (κ1) is 18.2. The molecule has 0 radical (unpaired) electrons. The maximum absolute atomic E-state index is 12.5. The lowest BCUT2D eigenvalue weighted by molar-refractivity contribution is -0.159. The smallest absolute Gasteiger partial charge is 0.314 e. The summed E-state index contributed by atoms with van der Waals surface area (Å²) < 4.78 is 5.61. The minimum absolute atomic E-state index is 0.276. The van der Waals surface area contributed by atoms with E-state index in [9.17, 15) is 4.79 Å². The molecule has 24 heavy (non-hydrogen) atoms. The Kier molecular flexibility index (Phi) is 5.79. The van der Waals surface area contributed by atoms with Crippen LogP contribution in [0.3, 0.4) is 0 Å². The molecule has 2 aromatic rings. The van der Waals surface area contributed by atoms with E-state index in [1.54, 1.807) is 6.92 Å². The summed E-state index contributed by atoms with van der Waals surface area (Å²) in [7, 11) is 0. The molecule has 0 aliphatic carbocycles. The summed E-state index contributed by atoms with van der Waals surface area (Å²) in [6.45, 7) is 7.67. The number of hydrogen-bond acceptors (Lipinski definition) is 3. The van der Waals surface area contributed by atoms with Gasteiger partial charge in [-0.25, -0.2) is 0 Å². The molecule has 2 aromatic carbocycles. The highest BCUT2D eigenvalue weighted by Gasteiger charge is 2.27. The van der Waals surface area contributed by atoms with Crippen molar-refractivity contribution in [2.45, 2.75) is 52.2 Å². The standard InChI is InChI=1S/C21H27NO2/c1-15-10-11-16(2)19(14-15)17(3)20(23)24-21(4,22)13-12-18-8-6-5-7-9-18/h5-11,14,17H,12-13,22H2,1-4H3. The van der Waals surface area contributed by atoms with Crippen molar-refractivity contribution < 1.29 is 9.53 Å². The minimum Gasteiger partial charge on any atom is -0.444 e. The maximum atomic E-state index is 12.5. The fourth-order valence-corrected chi connectivity index (χ4v) is 2.76. The molecule has 0 saturated carbocycles. The van der Waals surface area contributed by atoms with E-state index in [4.69, 9.17) is 10.5 Å². The van der Waals surface area contributed by atoms with Crippen LogP contribution >= 0.6 is 0 Å². The third-order valence-electron chi connectivity index (χ3n) is 4.34. The Morgan fingerprint density at radius 3 is 2.50 bits per heavy atom. The first-order valence-electron chi connectivity index (χ1n) is 8.41. The Bertz CT molecular complexity index is 692. The van der Waals surface area contributed by atoms with E-state index in [2.05, 4.69) is 12.1 Å². The molecule has 0 amide bonds. The van der Waals surface area contributed by atoms with Crippen molar-refractivity contribution in [2.75, 3.05) is 0 Å². The van der Waals surface area contributed by atoms with Gasteiger partial charge in [-0.05, 0) is 50.8 Å². The Balaban J connectivity index is 2.00. The largest absolute Gasteiger partial charge is 0.444 e. The lowest BCUT2D eigenvalue weighted by atomic mass is 9.94. The molecule has 0 aromatic heterocycles. The van der Waals surface area contributed by atoms with Gasteiger partial charge >= 0.3 is 5.97 Å². The van der Waals surface area contributed by atoms with Gasteiger partial charge in [0.1, 0.15) is 0 Å². The van der Waals surface area contributed by atoms with E-state index < -0.39 is 5.72 Å². The van der Waals surface area contributed by atoms with Crippen LogP contribution in [0.15, 0.2) is 48.5 Å². The van der Waals surface area contributed by atoms with Crippen LogP contribution in [-0.2, 0) is 16.0 Å². The molecule has 2 atom stereocenters. The van der Waals surface area contributed by atoms with Crippen LogP contribution in [0.5, 0.6) is 0 Å². The second-order valence-electron chi connectivity index (χ2n) is 6.80. The molecule has 2 rings (SSSR count). The molecular formula is C21H27NO2. The number of esters is 1. The first-order chi connectivity index (χ1) is 11.3. The molecule has 0 bridgehead atoms. The Morgan fingerprint density at radius 2 is 1.83 bits per heavy atom. The van der Waals surface area contributed by atoms with Crippen LogP contribution < -0.4 is 5.73 Å². The van der Waals surface area contributed by atoms with Crippen molar-refractivity contribution in [1.82, 2.24) is 0 Å². The summed E-state index contributed by atoms with van der Waals surface area (Å²) >= 11 is 0. The van der Waals surface area contributed by atoms with Crippen molar-refractivity contribution in [1.29, 1.82) is 0 Å². The van der Waals surface area contributed by atoms with E-state index in [1.807, 2.05) is 57.2 Å². The van der Waals surface area contributed by atoms with Crippen LogP contribution in [0, 0.1) is 13.8 Å². The molecule has 128 valence electrons. The average molecular weight is 325 g/mol. The molecule has 3 heteroatoms. The predicted molar refractivity (Wildman–Crippen MR) is 97.8 cm³/mol. The highest BCUT2D eigenvalue weighted by atomic mass is 16.6. The van der Waals surface area contributed by atoms with E-state index >= 15 is 0 Å². The zero-order chi connectivity index (χ0) is 17.7. The van der Waals surface area contributed by atoms with Gasteiger partial charge in [0.25, 0.3) is 0 Å². The predicted octanol–water partition coefficient (Wildman–Crippen LogP) is 4.26. The lowest BCUT2D eigenvalue weighted by Gasteiger charge is -2.27. The van der Waals surface area contributed by atoms with Gasteiger partial charge in [0.2, 0.25) is 0 Å². The number of aryl methyl sites for hydroxylation is 3. The van der Waals surface area contributed by atoms with Crippen molar-refractivity contribution >= 4 is 5.97 Å². The number of rotatable bonds is 6. The number of ether oxygens (including phenoxy) is 1. The molecule has 0 spiro atoms. The summed E-state index contributed by atoms with van der Waals surface area (Å²) in [6.07, 6.45) is 1.36. The van der Waals surface area contributed by atoms with Crippen LogP contribution in [0.25, 0.3) is 0 Å². The van der Waals surface area contributed by atoms with Crippen molar-refractivity contribution in [3.05, 3.63) is 70.8 Å².